The number of rotatable bonds is 15. The average molecular weight is 975 g/mol. The maximum atomic E-state index is 15.1. The van der Waals surface area contributed by atoms with Gasteiger partial charge in [0.1, 0.15) is 29.6 Å². The third kappa shape index (κ3) is 11.5. The fourth-order valence-electron chi connectivity index (χ4n) is 10.7. The number of likely N-dealkylation sites (N-methyl/N-ethyl adjacent to an activating group) is 1. The number of carbonyl (C=O) groups excluding carboxylic acids is 3. The number of Topliss-reactive ketones (excluding diaryl/α,β-unsaturated/α-hetero) is 1. The van der Waals surface area contributed by atoms with Crippen molar-refractivity contribution in [2.75, 3.05) is 21.2 Å². The first-order valence-electron chi connectivity index (χ1n) is 24.1. The number of aromatic nitrogens is 3. The highest BCUT2D eigenvalue weighted by Crippen LogP contribution is 2.48. The van der Waals surface area contributed by atoms with Crippen molar-refractivity contribution in [2.24, 2.45) is 46.4 Å². The molecule has 5 rings (SSSR count). The molecule has 0 saturated carbocycles. The number of cyclic esters (lactones) is 1. The molecule has 376 valence electrons. The smallest absolute Gasteiger partial charge is 0.317 e. The van der Waals surface area contributed by atoms with Crippen LogP contribution in [0.1, 0.15) is 113 Å². The number of aliphatic hydroxyl groups excluding tert-OH is 1. The molecule has 3 saturated heterocycles. The van der Waals surface area contributed by atoms with E-state index in [9.17, 15) is 14.7 Å². The van der Waals surface area contributed by atoms with Gasteiger partial charge in [-0.15, -0.1) is 10.2 Å². The highest BCUT2D eigenvalue weighted by molar-refractivity contribution is 7.14. The van der Waals surface area contributed by atoms with Crippen LogP contribution in [0.2, 0.25) is 18.1 Å². The van der Waals surface area contributed by atoms with Gasteiger partial charge < -0.3 is 48.7 Å². The summed E-state index contributed by atoms with van der Waals surface area (Å²) in [5, 5.41) is 26.1. The number of aliphatic hydroxyl groups is 1. The summed E-state index contributed by atoms with van der Waals surface area (Å²) in [5.41, 5.74) is 4.57. The number of ketones is 1. The molecule has 2 aromatic heterocycles. The van der Waals surface area contributed by atoms with Gasteiger partial charge in [-0.25, -0.2) is 0 Å². The van der Waals surface area contributed by atoms with Gasteiger partial charge in [0, 0.05) is 43.0 Å². The summed E-state index contributed by atoms with van der Waals surface area (Å²) < 4.78 is 40.0. The Hall–Kier alpha value is -3.43. The van der Waals surface area contributed by atoms with Crippen molar-refractivity contribution >= 4 is 43.2 Å². The van der Waals surface area contributed by atoms with E-state index >= 15 is 4.79 Å². The Morgan fingerprint density at radius 2 is 1.70 bits per heavy atom. The number of hydrogen-bond donors (Lipinski definition) is 2. The van der Waals surface area contributed by atoms with Crippen molar-refractivity contribution in [3.05, 3.63) is 29.4 Å². The number of fused-ring (bicyclic) bond motifs is 1. The number of amidine groups is 1. The minimum absolute atomic E-state index is 0.0448. The van der Waals surface area contributed by atoms with Gasteiger partial charge in [0.25, 0.3) is 0 Å². The number of pyridine rings is 1. The first-order chi connectivity index (χ1) is 31.5. The average Bonchev–Trinajstić information content (AvgIpc) is 3.92. The zero-order valence-corrected chi connectivity index (χ0v) is 44.2. The monoisotopic (exact) mass is 975 g/mol. The summed E-state index contributed by atoms with van der Waals surface area (Å²) >= 11 is 1.28. The molecule has 0 aliphatic carbocycles. The second-order valence-electron chi connectivity index (χ2n) is 19.8. The molecule has 0 radical (unpaired) electrons. The molecule has 16 atom stereocenters. The van der Waals surface area contributed by atoms with Gasteiger partial charge in [-0.3, -0.25) is 19.4 Å². The lowest BCUT2D eigenvalue weighted by atomic mass is 9.67. The van der Waals surface area contributed by atoms with Gasteiger partial charge in [0.2, 0.25) is 0 Å². The van der Waals surface area contributed by atoms with Crippen molar-refractivity contribution in [1.82, 2.24) is 20.1 Å². The maximum absolute atomic E-state index is 15.1. The summed E-state index contributed by atoms with van der Waals surface area (Å²) in [6, 6.07) is 8.20. The maximum Gasteiger partial charge on any atom is 0.317 e. The van der Waals surface area contributed by atoms with Gasteiger partial charge in [-0.05, 0) is 98.2 Å². The molecule has 67 heavy (non-hydrogen) atoms. The van der Waals surface area contributed by atoms with Crippen LogP contribution in [0.4, 0.5) is 0 Å². The first-order valence-corrected chi connectivity index (χ1v) is 27.5. The Kier molecular flexibility index (Phi) is 18.3. The molecule has 5 heterocycles. The molecule has 3 aliphatic rings. The molecule has 0 amide bonds. The van der Waals surface area contributed by atoms with Crippen LogP contribution in [-0.2, 0) is 47.3 Å². The van der Waals surface area contributed by atoms with Crippen LogP contribution in [-0.4, -0.2) is 132 Å². The van der Waals surface area contributed by atoms with Crippen LogP contribution in [0.5, 0.6) is 0 Å². The van der Waals surface area contributed by atoms with E-state index in [2.05, 4.69) is 46.0 Å². The van der Waals surface area contributed by atoms with Gasteiger partial charge in [-0.2, -0.15) is 0 Å². The van der Waals surface area contributed by atoms with Gasteiger partial charge in [0.15, 0.2) is 42.2 Å². The zero-order valence-electron chi connectivity index (χ0n) is 42.4. The number of hydrogen-bond acceptors (Lipinski definition) is 17. The van der Waals surface area contributed by atoms with Crippen molar-refractivity contribution < 1.29 is 52.4 Å². The number of ether oxygens (including phenoxy) is 5. The highest BCUT2D eigenvalue weighted by atomic mass is 32.1. The fraction of sp³-hybridized carbons (Fsp3) is 0.771. The fourth-order valence-corrected chi connectivity index (χ4v) is 14.4. The first kappa shape index (κ1) is 54.5. The van der Waals surface area contributed by atoms with Crippen molar-refractivity contribution in [3.8, 4) is 10.7 Å². The molecular weight excluding hydrogens is 897 g/mol. The molecular formula is C48H78N6O11SSi. The van der Waals surface area contributed by atoms with E-state index in [0.717, 1.165) is 24.6 Å². The predicted octanol–water partition coefficient (Wildman–Crippen LogP) is 6.94. The lowest BCUT2D eigenvalue weighted by Crippen LogP contribution is -2.62. The summed E-state index contributed by atoms with van der Waals surface area (Å²) in [7, 11) is 3.40. The van der Waals surface area contributed by atoms with E-state index in [1.54, 1.807) is 47.9 Å². The zero-order chi connectivity index (χ0) is 49.8. The Balaban J connectivity index is 1.54. The molecule has 0 aromatic carbocycles. The van der Waals surface area contributed by atoms with E-state index < -0.39 is 104 Å². The normalized spacial score (nSPS) is 36.5. The number of carbonyl (C=O) groups is 3. The van der Waals surface area contributed by atoms with Crippen LogP contribution >= 0.6 is 11.3 Å². The molecule has 0 spiro atoms. The molecule has 2 aromatic rings. The van der Waals surface area contributed by atoms with E-state index in [4.69, 9.17) is 38.7 Å². The SMILES string of the molecule is CC[C@@H]1OC(=O)[C@H](C)C(O)[C@H](C)[C@@H](O[C@@H]2O[C@@H](C)C[C@H](N(C)C)[C@H]2O[Si](CC)(CC)CC)[C@](C)(OC)C[C@@H](C)C(=O)[C@H](C)[C@H]2[C@H](/C(N)=N/O[C@@H](C)c3nnc(-c4ccccn4)s3)C(=O)O[C@@]21C. The van der Waals surface area contributed by atoms with Crippen molar-refractivity contribution in [1.29, 1.82) is 0 Å². The predicted molar refractivity (Wildman–Crippen MR) is 257 cm³/mol. The minimum Gasteiger partial charge on any atom is -0.458 e. The molecule has 3 fully saturated rings. The third-order valence-electron chi connectivity index (χ3n) is 15.2. The Bertz CT molecular complexity index is 2000. The largest absolute Gasteiger partial charge is 0.458 e. The quantitative estimate of drug-likeness (QED) is 0.0607. The summed E-state index contributed by atoms with van der Waals surface area (Å²) in [6.45, 7) is 22.6. The second-order valence-corrected chi connectivity index (χ2v) is 25.5. The highest BCUT2D eigenvalue weighted by Gasteiger charge is 2.63. The van der Waals surface area contributed by atoms with Crippen LogP contribution < -0.4 is 5.73 Å². The van der Waals surface area contributed by atoms with E-state index in [0.29, 0.717) is 15.7 Å². The lowest BCUT2D eigenvalue weighted by Gasteiger charge is -2.50. The van der Waals surface area contributed by atoms with Crippen LogP contribution in [0.3, 0.4) is 0 Å². The summed E-state index contributed by atoms with van der Waals surface area (Å²) in [5.74, 6) is -7.49. The van der Waals surface area contributed by atoms with E-state index in [-0.39, 0.29) is 36.6 Å². The van der Waals surface area contributed by atoms with Gasteiger partial charge >= 0.3 is 11.9 Å². The number of esters is 2. The Labute approximate surface area is 402 Å². The topological polar surface area (TPSA) is 216 Å². The van der Waals surface area contributed by atoms with Crippen molar-refractivity contribution in [3.63, 3.8) is 0 Å². The Morgan fingerprint density at radius 3 is 2.28 bits per heavy atom. The number of methoxy groups -OCH3 is 1. The summed E-state index contributed by atoms with van der Waals surface area (Å²) in [6.07, 6.45) is -2.78. The molecule has 3 aliphatic heterocycles. The minimum atomic E-state index is -2.22. The van der Waals surface area contributed by atoms with E-state index in [1.807, 2.05) is 60.0 Å². The van der Waals surface area contributed by atoms with Crippen LogP contribution in [0.15, 0.2) is 29.6 Å². The molecule has 3 N–H and O–H groups in total. The van der Waals surface area contributed by atoms with Crippen molar-refractivity contribution in [2.45, 2.75) is 181 Å². The summed E-state index contributed by atoms with van der Waals surface area (Å²) in [4.78, 5) is 55.9. The number of nitrogens with two attached hydrogens (primary N) is 1. The van der Waals surface area contributed by atoms with E-state index in [1.165, 1.54) is 11.3 Å². The van der Waals surface area contributed by atoms with Crippen LogP contribution in [0, 0.1) is 35.5 Å². The molecule has 17 nitrogen and oxygen atoms in total. The third-order valence-corrected chi connectivity index (χ3v) is 20.9. The number of nitrogens with zero attached hydrogens (tertiary/aromatic N) is 5. The van der Waals surface area contributed by atoms with Gasteiger partial charge in [0.05, 0.1) is 29.8 Å². The standard InChI is InChI=1S/C48H78N6O11SSi/c1-16-34-48(12)36(35(45(58)63-48)41(49)53-64-31(10)42-51-52-43(66-42)32-22-20-21-23-50-32)28(7)37(55)26(5)25-47(11,59-15)40(29(8)38(56)30(9)44(57)61-34)62-46-39(65-67(17-2,18-3)19-4)33(54(13)14)24-27(6)60-46/h20-23,26-31,33-36,38-40,46,56H,16-19,24-25H2,1-15H3,(H2,49,53)/t26-,27+,28-,29+,30-,31+,33+,34+,35-,36+,38?,39-,40-,46+,47-,48-/m1/s1. The molecule has 1 unspecified atom stereocenters. The Morgan fingerprint density at radius 1 is 1.03 bits per heavy atom. The van der Waals surface area contributed by atoms with Crippen LogP contribution in [0.25, 0.3) is 10.7 Å². The number of oxime groups is 1. The van der Waals surface area contributed by atoms with Gasteiger partial charge in [-0.1, -0.05) is 71.0 Å². The molecule has 0 bridgehead atoms. The second kappa shape index (κ2) is 22.5. The molecule has 19 heteroatoms. The lowest BCUT2D eigenvalue weighted by molar-refractivity contribution is -0.298.